The van der Waals surface area contributed by atoms with E-state index in [1.54, 1.807) is 0 Å². The van der Waals surface area contributed by atoms with Crippen LogP contribution in [0.1, 0.15) is 65.2 Å². The van der Waals surface area contributed by atoms with Crippen LogP contribution in [-0.2, 0) is 9.59 Å². The smallest absolute Gasteiger partial charge is 0.217 e. The Morgan fingerprint density at radius 2 is 1.24 bits per heavy atom. The first kappa shape index (κ1) is 21.5. The van der Waals surface area contributed by atoms with E-state index in [0.717, 1.165) is 12.8 Å². The Morgan fingerprint density at radius 1 is 0.882 bits per heavy atom. The van der Waals surface area contributed by atoms with Crippen LogP contribution in [0.25, 0.3) is 0 Å². The summed E-state index contributed by atoms with van der Waals surface area (Å²) in [7, 11) is 0. The van der Waals surface area contributed by atoms with Crippen molar-refractivity contribution < 1.29 is 9.59 Å². The largest absolute Gasteiger partial charge is 0.370 e. The minimum Gasteiger partial charge on any atom is -0.370 e. The molecule has 0 heterocycles. The maximum absolute atomic E-state index is 10.4. The van der Waals surface area contributed by atoms with Crippen molar-refractivity contribution in [1.82, 2.24) is 0 Å². The van der Waals surface area contributed by atoms with E-state index in [1.807, 2.05) is 0 Å². The van der Waals surface area contributed by atoms with Crippen molar-refractivity contribution in [3.05, 3.63) is 0 Å². The molecular formula is C12H27ClN2O2. The number of rotatable bonds is 8. The summed E-state index contributed by atoms with van der Waals surface area (Å²) in [5, 5.41) is 0. The zero-order valence-corrected chi connectivity index (χ0v) is 11.9. The van der Waals surface area contributed by atoms with Crippen molar-refractivity contribution in [2.24, 2.45) is 11.5 Å². The van der Waals surface area contributed by atoms with Gasteiger partial charge in [-0.1, -0.05) is 45.4 Å². The van der Waals surface area contributed by atoms with Crippen LogP contribution in [0.3, 0.4) is 0 Å². The molecule has 0 radical (unpaired) electrons. The molecule has 0 aliphatic heterocycles. The Bertz CT molecular complexity index is 183. The number of hydrogen-bond donors (Lipinski definition) is 2. The number of nitrogens with two attached hydrogens (primary N) is 2. The van der Waals surface area contributed by atoms with Gasteiger partial charge in [0.25, 0.3) is 0 Å². The Hall–Kier alpha value is -0.770. The quantitative estimate of drug-likeness (QED) is 0.662. The normalized spacial score (nSPS) is 8.59. The summed E-state index contributed by atoms with van der Waals surface area (Å²) in [6.45, 7) is 3.52. The van der Waals surface area contributed by atoms with Crippen LogP contribution in [0.15, 0.2) is 0 Å². The van der Waals surface area contributed by atoms with E-state index in [2.05, 4.69) is 12.7 Å². The van der Waals surface area contributed by atoms with Gasteiger partial charge in [0, 0.05) is 13.3 Å². The second-order valence-corrected chi connectivity index (χ2v) is 3.95. The molecule has 4 N–H and O–H groups in total. The summed E-state index contributed by atoms with van der Waals surface area (Å²) >= 11 is 0. The number of carbonyl (C=O) groups excluding carboxylic acids is 2. The highest BCUT2D eigenvalue weighted by Gasteiger charge is 1.94. The van der Waals surface area contributed by atoms with E-state index in [1.165, 1.54) is 39.0 Å². The molecule has 0 aliphatic carbocycles. The van der Waals surface area contributed by atoms with E-state index in [0.29, 0.717) is 6.42 Å². The summed E-state index contributed by atoms with van der Waals surface area (Å²) in [6, 6.07) is 0. The zero-order valence-electron chi connectivity index (χ0n) is 11.0. The van der Waals surface area contributed by atoms with E-state index >= 15 is 0 Å². The lowest BCUT2D eigenvalue weighted by Crippen LogP contribution is -2.09. The second-order valence-electron chi connectivity index (χ2n) is 3.95. The van der Waals surface area contributed by atoms with Gasteiger partial charge in [0.15, 0.2) is 0 Å². The van der Waals surface area contributed by atoms with Crippen LogP contribution >= 0.6 is 12.4 Å². The molecule has 0 aromatic rings. The van der Waals surface area contributed by atoms with E-state index in [9.17, 15) is 9.59 Å². The van der Waals surface area contributed by atoms with Gasteiger partial charge < -0.3 is 11.5 Å². The summed E-state index contributed by atoms with van der Waals surface area (Å²) in [6.07, 6.45) is 9.24. The Kier molecular flexibility index (Phi) is 22.3. The first-order chi connectivity index (χ1) is 7.50. The van der Waals surface area contributed by atoms with E-state index in [-0.39, 0.29) is 24.2 Å². The molecule has 0 unspecified atom stereocenters. The number of halogens is 1. The summed E-state index contributed by atoms with van der Waals surface area (Å²) in [4.78, 5) is 19.6. The van der Waals surface area contributed by atoms with Crippen molar-refractivity contribution >= 4 is 24.2 Å². The van der Waals surface area contributed by atoms with Crippen LogP contribution in [0.2, 0.25) is 0 Å². The Balaban J connectivity index is -0.000000340. The predicted molar refractivity (Wildman–Crippen MR) is 73.9 cm³/mol. The number of amides is 2. The predicted octanol–water partition coefficient (Wildman–Crippen LogP) is 2.53. The third-order valence-electron chi connectivity index (χ3n) is 2.03. The lowest BCUT2D eigenvalue weighted by atomic mass is 10.1. The van der Waals surface area contributed by atoms with E-state index in [4.69, 9.17) is 5.73 Å². The second kappa shape index (κ2) is 17.6. The molecule has 0 rings (SSSR count). The number of hydrogen-bond acceptors (Lipinski definition) is 2. The first-order valence-corrected chi connectivity index (χ1v) is 6.05. The van der Waals surface area contributed by atoms with Crippen LogP contribution in [0, 0.1) is 0 Å². The third kappa shape index (κ3) is 39.4. The van der Waals surface area contributed by atoms with Gasteiger partial charge in [-0.15, -0.1) is 12.4 Å². The van der Waals surface area contributed by atoms with Crippen LogP contribution in [0.4, 0.5) is 0 Å². The van der Waals surface area contributed by atoms with Gasteiger partial charge in [0.05, 0.1) is 0 Å². The van der Waals surface area contributed by atoms with Crippen molar-refractivity contribution in [3.63, 3.8) is 0 Å². The van der Waals surface area contributed by atoms with Crippen LogP contribution < -0.4 is 11.5 Å². The van der Waals surface area contributed by atoms with Crippen LogP contribution in [-0.4, -0.2) is 11.8 Å². The van der Waals surface area contributed by atoms with Crippen molar-refractivity contribution in [2.75, 3.05) is 0 Å². The number of unbranched alkanes of at least 4 members (excludes halogenated alkanes) is 6. The maximum atomic E-state index is 10.4. The van der Waals surface area contributed by atoms with Gasteiger partial charge in [0.2, 0.25) is 11.8 Å². The molecule has 0 aromatic carbocycles. The molecule has 104 valence electrons. The molecule has 0 saturated carbocycles. The third-order valence-corrected chi connectivity index (χ3v) is 2.03. The molecule has 0 aromatic heterocycles. The van der Waals surface area contributed by atoms with Crippen molar-refractivity contribution in [3.8, 4) is 0 Å². The van der Waals surface area contributed by atoms with Crippen molar-refractivity contribution in [1.29, 1.82) is 0 Å². The summed E-state index contributed by atoms with van der Waals surface area (Å²) in [5.74, 6) is -0.497. The Morgan fingerprint density at radius 3 is 1.59 bits per heavy atom. The van der Waals surface area contributed by atoms with E-state index < -0.39 is 0 Å². The average Bonchev–Trinajstić information content (AvgIpc) is 2.15. The lowest BCUT2D eigenvalue weighted by Gasteiger charge is -1.98. The maximum Gasteiger partial charge on any atom is 0.217 e. The molecule has 0 atom stereocenters. The Labute approximate surface area is 111 Å². The first-order valence-electron chi connectivity index (χ1n) is 6.05. The summed E-state index contributed by atoms with van der Waals surface area (Å²) < 4.78 is 0. The minimum atomic E-state index is -0.333. The molecule has 0 fully saturated rings. The molecule has 0 spiro atoms. The molecule has 0 saturated heterocycles. The van der Waals surface area contributed by atoms with Crippen molar-refractivity contribution in [2.45, 2.75) is 65.2 Å². The van der Waals surface area contributed by atoms with Gasteiger partial charge in [-0.25, -0.2) is 0 Å². The van der Waals surface area contributed by atoms with Gasteiger partial charge in [0.1, 0.15) is 0 Å². The van der Waals surface area contributed by atoms with Gasteiger partial charge in [-0.05, 0) is 6.42 Å². The standard InChI is InChI=1S/C10H21NO.C2H5NO.ClH/c1-2-3-4-5-6-7-8-9-10(11)12;1-2(3)4;/h2-9H2,1H3,(H2,11,12);1H3,(H2,3,4);1H. The molecule has 5 heteroatoms. The fourth-order valence-corrected chi connectivity index (χ4v) is 1.26. The zero-order chi connectivity index (χ0) is 12.8. The fourth-order valence-electron chi connectivity index (χ4n) is 1.26. The lowest BCUT2D eigenvalue weighted by molar-refractivity contribution is -0.118. The molecular weight excluding hydrogens is 240 g/mol. The average molecular weight is 267 g/mol. The topological polar surface area (TPSA) is 86.2 Å². The SMILES string of the molecule is CC(N)=O.CCCCCCCCCC(N)=O.Cl. The highest BCUT2D eigenvalue weighted by Crippen LogP contribution is 2.07. The molecule has 17 heavy (non-hydrogen) atoms. The molecule has 2 amide bonds. The van der Waals surface area contributed by atoms with Gasteiger partial charge in [-0.3, -0.25) is 9.59 Å². The van der Waals surface area contributed by atoms with Gasteiger partial charge >= 0.3 is 0 Å². The molecule has 0 aliphatic rings. The van der Waals surface area contributed by atoms with Gasteiger partial charge in [-0.2, -0.15) is 0 Å². The monoisotopic (exact) mass is 266 g/mol. The number of primary amides is 2. The van der Waals surface area contributed by atoms with Crippen LogP contribution in [0.5, 0.6) is 0 Å². The number of carbonyl (C=O) groups is 2. The summed E-state index contributed by atoms with van der Waals surface area (Å²) in [5.41, 5.74) is 9.49. The molecule has 4 nitrogen and oxygen atoms in total. The minimum absolute atomic E-state index is 0. The highest BCUT2D eigenvalue weighted by molar-refractivity contribution is 5.85. The fraction of sp³-hybridized carbons (Fsp3) is 0.833. The highest BCUT2D eigenvalue weighted by atomic mass is 35.5. The molecule has 0 bridgehead atoms.